The van der Waals surface area contributed by atoms with E-state index in [0.29, 0.717) is 32.4 Å². The van der Waals surface area contributed by atoms with Crippen LogP contribution >= 0.6 is 11.3 Å². The quantitative estimate of drug-likeness (QED) is 0.325. The Morgan fingerprint density at radius 3 is 2.67 bits per heavy atom. The monoisotopic (exact) mass is 522 g/mol. The standard InChI is InChI=1S/C22H21F3N6O4S/c1-30(7-8-32)18(33)11-26-19(34)12-3-6-16-15(9-12)27-20(31(16)2)29-21-28-14-5-4-13(10-17(14)36-21)35-22(23,24)25/h3-6,9-10,32H,7-8,11H2,1-2H3,(H,26,34)(H,27,28,29). The van der Waals surface area contributed by atoms with Crippen molar-refractivity contribution in [3.8, 4) is 5.75 Å². The van der Waals surface area contributed by atoms with Crippen LogP contribution in [0.1, 0.15) is 10.4 Å². The first-order valence-electron chi connectivity index (χ1n) is 10.6. The van der Waals surface area contributed by atoms with Crippen molar-refractivity contribution in [3.63, 3.8) is 0 Å². The van der Waals surface area contributed by atoms with Crippen molar-refractivity contribution < 1.29 is 32.6 Å². The molecule has 4 rings (SSSR count). The summed E-state index contributed by atoms with van der Waals surface area (Å²) in [7, 11) is 3.29. The van der Waals surface area contributed by atoms with Gasteiger partial charge in [-0.15, -0.1) is 13.2 Å². The number of aliphatic hydroxyl groups is 1. The molecule has 0 aliphatic rings. The van der Waals surface area contributed by atoms with Gasteiger partial charge in [-0.25, -0.2) is 9.97 Å². The average molecular weight is 523 g/mol. The van der Waals surface area contributed by atoms with Crippen LogP contribution in [0.4, 0.5) is 24.3 Å². The van der Waals surface area contributed by atoms with Gasteiger partial charge in [0.05, 0.1) is 34.4 Å². The minimum Gasteiger partial charge on any atom is -0.406 e. The number of carbonyl (C=O) groups is 2. The van der Waals surface area contributed by atoms with Crippen molar-refractivity contribution in [2.75, 3.05) is 32.1 Å². The van der Waals surface area contributed by atoms with Crippen molar-refractivity contribution in [1.29, 1.82) is 0 Å². The Kier molecular flexibility index (Phi) is 6.99. The zero-order valence-electron chi connectivity index (χ0n) is 19.1. The highest BCUT2D eigenvalue weighted by atomic mass is 32.1. The number of aliphatic hydroxyl groups excluding tert-OH is 1. The normalized spacial score (nSPS) is 11.6. The van der Waals surface area contributed by atoms with Crippen LogP contribution in [0.5, 0.6) is 5.75 Å². The topological polar surface area (TPSA) is 122 Å². The predicted molar refractivity (Wildman–Crippen MR) is 127 cm³/mol. The molecule has 0 saturated heterocycles. The molecule has 0 saturated carbocycles. The first kappa shape index (κ1) is 25.2. The minimum atomic E-state index is -4.78. The molecule has 4 aromatic rings. The highest BCUT2D eigenvalue weighted by molar-refractivity contribution is 7.22. The number of amides is 2. The number of hydrogen-bond acceptors (Lipinski definition) is 8. The number of nitrogens with one attached hydrogen (secondary N) is 2. The van der Waals surface area contributed by atoms with Crippen LogP contribution in [-0.2, 0) is 11.8 Å². The minimum absolute atomic E-state index is 0.168. The lowest BCUT2D eigenvalue weighted by molar-refractivity contribution is -0.274. The van der Waals surface area contributed by atoms with Gasteiger partial charge < -0.3 is 29.9 Å². The number of fused-ring (bicyclic) bond motifs is 2. The van der Waals surface area contributed by atoms with E-state index in [0.717, 1.165) is 16.9 Å². The summed E-state index contributed by atoms with van der Waals surface area (Å²) < 4.78 is 43.7. The van der Waals surface area contributed by atoms with Gasteiger partial charge in [-0.2, -0.15) is 0 Å². The summed E-state index contributed by atoms with van der Waals surface area (Å²) in [6, 6.07) is 8.78. The molecule has 0 bridgehead atoms. The maximum atomic E-state index is 12.5. The number of aromatic nitrogens is 3. The zero-order valence-corrected chi connectivity index (χ0v) is 19.9. The molecule has 0 atom stereocenters. The first-order chi connectivity index (χ1) is 17.0. The van der Waals surface area contributed by atoms with E-state index in [1.807, 2.05) is 0 Å². The molecule has 10 nitrogen and oxygen atoms in total. The summed E-state index contributed by atoms with van der Waals surface area (Å²) in [6.07, 6.45) is -4.78. The van der Waals surface area contributed by atoms with Crippen LogP contribution in [-0.4, -0.2) is 69.5 Å². The molecular formula is C22H21F3N6O4S. The van der Waals surface area contributed by atoms with Crippen molar-refractivity contribution in [2.45, 2.75) is 6.36 Å². The van der Waals surface area contributed by atoms with Crippen molar-refractivity contribution in [3.05, 3.63) is 42.0 Å². The molecule has 0 unspecified atom stereocenters. The summed E-state index contributed by atoms with van der Waals surface area (Å²) in [5.74, 6) is -0.712. The van der Waals surface area contributed by atoms with Gasteiger partial charge in [-0.05, 0) is 30.3 Å². The molecule has 36 heavy (non-hydrogen) atoms. The molecule has 2 aromatic carbocycles. The van der Waals surface area contributed by atoms with E-state index < -0.39 is 12.3 Å². The van der Waals surface area contributed by atoms with Gasteiger partial charge in [0.25, 0.3) is 5.91 Å². The third-order valence-corrected chi connectivity index (χ3v) is 6.15. The number of hydrogen-bond donors (Lipinski definition) is 3. The van der Waals surface area contributed by atoms with E-state index in [-0.39, 0.29) is 31.4 Å². The maximum Gasteiger partial charge on any atom is 0.573 e. The zero-order chi connectivity index (χ0) is 26.0. The summed E-state index contributed by atoms with van der Waals surface area (Å²) in [5, 5.41) is 14.9. The fourth-order valence-electron chi connectivity index (χ4n) is 3.37. The molecule has 3 N–H and O–H groups in total. The Morgan fingerprint density at radius 1 is 1.17 bits per heavy atom. The Balaban J connectivity index is 1.49. The summed E-state index contributed by atoms with van der Waals surface area (Å²) in [6.45, 7) is -0.218. The molecule has 2 aromatic heterocycles. The number of ether oxygens (including phenoxy) is 1. The number of nitrogens with zero attached hydrogens (tertiary/aromatic N) is 4. The third-order valence-electron chi connectivity index (χ3n) is 5.22. The molecule has 0 fully saturated rings. The lowest BCUT2D eigenvalue weighted by Crippen LogP contribution is -2.39. The molecule has 2 amide bonds. The maximum absolute atomic E-state index is 12.5. The smallest absolute Gasteiger partial charge is 0.406 e. The van der Waals surface area contributed by atoms with Gasteiger partial charge in [-0.1, -0.05) is 11.3 Å². The Hall–Kier alpha value is -3.91. The van der Waals surface area contributed by atoms with Crippen LogP contribution in [0.2, 0.25) is 0 Å². The molecule has 14 heteroatoms. The SMILES string of the molecule is CN(CCO)C(=O)CNC(=O)c1ccc2c(c1)nc(Nc1nc3ccc(OC(F)(F)F)cc3s1)n2C. The first-order valence-corrected chi connectivity index (χ1v) is 11.4. The number of carbonyl (C=O) groups excluding carboxylic acids is 2. The van der Waals surface area contributed by atoms with Crippen LogP contribution in [0.15, 0.2) is 36.4 Å². The van der Waals surface area contributed by atoms with Crippen LogP contribution in [0.25, 0.3) is 21.3 Å². The van der Waals surface area contributed by atoms with Gasteiger partial charge in [0.2, 0.25) is 11.9 Å². The van der Waals surface area contributed by atoms with Crippen molar-refractivity contribution >= 4 is 55.5 Å². The highest BCUT2D eigenvalue weighted by Gasteiger charge is 2.31. The number of anilines is 2. The third kappa shape index (κ3) is 5.66. The van der Waals surface area contributed by atoms with E-state index in [1.165, 1.54) is 30.1 Å². The van der Waals surface area contributed by atoms with Crippen LogP contribution in [0, 0.1) is 0 Å². The predicted octanol–water partition coefficient (Wildman–Crippen LogP) is 3.01. The molecule has 0 radical (unpaired) electrons. The second-order valence-corrected chi connectivity index (χ2v) is 8.77. The summed E-state index contributed by atoms with van der Waals surface area (Å²) in [5.41, 5.74) is 2.03. The van der Waals surface area contributed by atoms with E-state index >= 15 is 0 Å². The highest BCUT2D eigenvalue weighted by Crippen LogP contribution is 2.33. The van der Waals surface area contributed by atoms with Gasteiger partial charge in [0, 0.05) is 32.3 Å². The lowest BCUT2D eigenvalue weighted by atomic mass is 10.2. The summed E-state index contributed by atoms with van der Waals surface area (Å²) >= 11 is 1.14. The molecule has 2 heterocycles. The van der Waals surface area contributed by atoms with E-state index in [1.54, 1.807) is 29.8 Å². The Morgan fingerprint density at radius 2 is 1.94 bits per heavy atom. The molecule has 0 aliphatic heterocycles. The van der Waals surface area contributed by atoms with Gasteiger partial charge in [-0.3, -0.25) is 9.59 Å². The molecule has 0 aliphatic carbocycles. The number of thiazole rings is 1. The fourth-order valence-corrected chi connectivity index (χ4v) is 4.26. The number of rotatable bonds is 8. The largest absolute Gasteiger partial charge is 0.573 e. The Bertz CT molecular complexity index is 1430. The summed E-state index contributed by atoms with van der Waals surface area (Å²) in [4.78, 5) is 34.6. The number of likely N-dealkylation sites (N-methyl/N-ethyl adjacent to an activating group) is 1. The fraction of sp³-hybridized carbons (Fsp3) is 0.273. The Labute approximate surface area is 206 Å². The lowest BCUT2D eigenvalue weighted by Gasteiger charge is -2.15. The number of aryl methyl sites for hydroxylation is 1. The van der Waals surface area contributed by atoms with Gasteiger partial charge in [0.15, 0.2) is 5.13 Å². The van der Waals surface area contributed by atoms with Crippen molar-refractivity contribution in [2.24, 2.45) is 7.05 Å². The number of alkyl halides is 3. The number of halogens is 3. The molecule has 190 valence electrons. The van der Waals surface area contributed by atoms with E-state index in [9.17, 15) is 22.8 Å². The van der Waals surface area contributed by atoms with Gasteiger partial charge >= 0.3 is 6.36 Å². The average Bonchev–Trinajstić information content (AvgIpc) is 3.35. The molecule has 0 spiro atoms. The van der Waals surface area contributed by atoms with Crippen LogP contribution in [0.3, 0.4) is 0 Å². The van der Waals surface area contributed by atoms with Crippen molar-refractivity contribution in [1.82, 2.24) is 24.8 Å². The second kappa shape index (κ2) is 9.99. The van der Waals surface area contributed by atoms with Crippen LogP contribution < -0.4 is 15.4 Å². The second-order valence-electron chi connectivity index (χ2n) is 7.74. The van der Waals surface area contributed by atoms with Gasteiger partial charge in [0.1, 0.15) is 5.75 Å². The van der Waals surface area contributed by atoms with E-state index in [4.69, 9.17) is 5.11 Å². The number of benzene rings is 2. The van der Waals surface area contributed by atoms with E-state index in [2.05, 4.69) is 25.3 Å². The number of imidazole rings is 1. The molecular weight excluding hydrogens is 501 g/mol.